The van der Waals surface area contributed by atoms with Gasteiger partial charge >= 0.3 is 11.7 Å². The van der Waals surface area contributed by atoms with E-state index in [0.717, 1.165) is 0 Å². The summed E-state index contributed by atoms with van der Waals surface area (Å²) in [6.07, 6.45) is -0.280. The maximum absolute atomic E-state index is 10.5. The Bertz CT molecular complexity index is 410. The molecule has 1 rings (SSSR count). The SMILES string of the molecule is O=C(O)Cc1cc(Cl)c([N+](=O)[O-])c(Cl)c1. The van der Waals surface area contributed by atoms with E-state index in [4.69, 9.17) is 28.3 Å². The molecule has 0 saturated heterocycles. The first-order valence-electron chi connectivity index (χ1n) is 3.76. The molecule has 80 valence electrons. The topological polar surface area (TPSA) is 80.4 Å². The van der Waals surface area contributed by atoms with E-state index >= 15 is 0 Å². The number of carboxylic acid groups (broad SMARTS) is 1. The van der Waals surface area contributed by atoms with E-state index in [0.29, 0.717) is 5.56 Å². The van der Waals surface area contributed by atoms with Crippen molar-refractivity contribution in [3.63, 3.8) is 0 Å². The quantitative estimate of drug-likeness (QED) is 0.660. The largest absolute Gasteiger partial charge is 0.481 e. The number of nitro benzene ring substituents is 1. The number of halogens is 2. The highest BCUT2D eigenvalue weighted by Crippen LogP contribution is 2.33. The van der Waals surface area contributed by atoms with Crippen molar-refractivity contribution in [2.24, 2.45) is 0 Å². The van der Waals surface area contributed by atoms with Crippen molar-refractivity contribution in [3.8, 4) is 0 Å². The highest BCUT2D eigenvalue weighted by molar-refractivity contribution is 6.38. The first kappa shape index (κ1) is 11.7. The Morgan fingerprint density at radius 1 is 1.40 bits per heavy atom. The van der Waals surface area contributed by atoms with Crippen LogP contribution in [0.25, 0.3) is 0 Å². The molecule has 0 atom stereocenters. The molecule has 0 aliphatic heterocycles. The van der Waals surface area contributed by atoms with Crippen LogP contribution in [0.1, 0.15) is 5.56 Å². The molecule has 0 aliphatic carbocycles. The predicted molar refractivity (Wildman–Crippen MR) is 54.5 cm³/mol. The van der Waals surface area contributed by atoms with E-state index < -0.39 is 16.6 Å². The van der Waals surface area contributed by atoms with Crippen LogP contribution in [0.2, 0.25) is 10.0 Å². The second-order valence-corrected chi connectivity index (χ2v) is 3.55. The van der Waals surface area contributed by atoms with Crippen molar-refractivity contribution in [2.45, 2.75) is 6.42 Å². The summed E-state index contributed by atoms with van der Waals surface area (Å²) in [6.45, 7) is 0. The Labute approximate surface area is 94.4 Å². The summed E-state index contributed by atoms with van der Waals surface area (Å²) in [4.78, 5) is 20.2. The van der Waals surface area contributed by atoms with Crippen LogP contribution in [-0.2, 0) is 11.2 Å². The number of nitro groups is 1. The van der Waals surface area contributed by atoms with Gasteiger partial charge in [-0.3, -0.25) is 14.9 Å². The van der Waals surface area contributed by atoms with Crippen LogP contribution in [0.15, 0.2) is 12.1 Å². The summed E-state index contributed by atoms with van der Waals surface area (Å²) >= 11 is 11.2. The number of hydrogen-bond donors (Lipinski definition) is 1. The monoisotopic (exact) mass is 249 g/mol. The number of carboxylic acids is 1. The molecule has 0 aromatic heterocycles. The van der Waals surface area contributed by atoms with Crippen LogP contribution in [0.4, 0.5) is 5.69 Å². The van der Waals surface area contributed by atoms with E-state index in [2.05, 4.69) is 0 Å². The average molecular weight is 250 g/mol. The van der Waals surface area contributed by atoms with Gasteiger partial charge < -0.3 is 5.11 Å². The van der Waals surface area contributed by atoms with Crippen LogP contribution in [-0.4, -0.2) is 16.0 Å². The van der Waals surface area contributed by atoms with E-state index in [1.54, 1.807) is 0 Å². The molecule has 1 N–H and O–H groups in total. The highest BCUT2D eigenvalue weighted by Gasteiger charge is 2.19. The summed E-state index contributed by atoms with van der Waals surface area (Å²) in [7, 11) is 0. The number of rotatable bonds is 3. The molecule has 0 spiro atoms. The normalized spacial score (nSPS) is 10.0. The summed E-state index contributed by atoms with van der Waals surface area (Å²) in [6, 6.07) is 2.44. The number of carbonyl (C=O) groups is 1. The van der Waals surface area contributed by atoms with Crippen molar-refractivity contribution in [1.82, 2.24) is 0 Å². The lowest BCUT2D eigenvalue weighted by molar-refractivity contribution is -0.384. The molecule has 1 aromatic carbocycles. The zero-order valence-electron chi connectivity index (χ0n) is 7.24. The van der Waals surface area contributed by atoms with E-state index in [1.165, 1.54) is 12.1 Å². The zero-order chi connectivity index (χ0) is 11.6. The van der Waals surface area contributed by atoms with Gasteiger partial charge in [0.2, 0.25) is 0 Å². The van der Waals surface area contributed by atoms with Crippen molar-refractivity contribution in [2.75, 3.05) is 0 Å². The van der Waals surface area contributed by atoms with Gasteiger partial charge in [-0.05, 0) is 17.7 Å². The molecular formula is C8H5Cl2NO4. The Hall–Kier alpha value is -1.33. The molecule has 1 aromatic rings. The van der Waals surface area contributed by atoms with Gasteiger partial charge in [0.25, 0.3) is 0 Å². The smallest absolute Gasteiger partial charge is 0.307 e. The lowest BCUT2D eigenvalue weighted by atomic mass is 10.1. The zero-order valence-corrected chi connectivity index (χ0v) is 8.75. The van der Waals surface area contributed by atoms with Crippen molar-refractivity contribution >= 4 is 34.9 Å². The summed E-state index contributed by atoms with van der Waals surface area (Å²) < 4.78 is 0. The van der Waals surface area contributed by atoms with Gasteiger partial charge in [-0.15, -0.1) is 0 Å². The van der Waals surface area contributed by atoms with Crippen LogP contribution in [0.5, 0.6) is 0 Å². The Morgan fingerprint density at radius 2 is 1.87 bits per heavy atom. The molecule has 5 nitrogen and oxygen atoms in total. The number of aliphatic carboxylic acids is 1. The fourth-order valence-corrected chi connectivity index (χ4v) is 1.74. The minimum absolute atomic E-state index is 0.163. The summed E-state index contributed by atoms with van der Waals surface area (Å²) in [5.41, 5.74) is -0.0874. The van der Waals surface area contributed by atoms with Crippen LogP contribution < -0.4 is 0 Å². The van der Waals surface area contributed by atoms with Gasteiger partial charge in [0.05, 0.1) is 11.3 Å². The number of hydrogen-bond acceptors (Lipinski definition) is 3. The third-order valence-corrected chi connectivity index (χ3v) is 2.19. The van der Waals surface area contributed by atoms with Gasteiger partial charge in [-0.25, -0.2) is 0 Å². The fraction of sp³-hybridized carbons (Fsp3) is 0.125. The van der Waals surface area contributed by atoms with E-state index in [1.807, 2.05) is 0 Å². The minimum Gasteiger partial charge on any atom is -0.481 e. The third-order valence-electron chi connectivity index (χ3n) is 1.61. The lowest BCUT2D eigenvalue weighted by Gasteiger charge is -2.01. The molecule has 0 radical (unpaired) electrons. The van der Waals surface area contributed by atoms with Gasteiger partial charge in [0, 0.05) is 0 Å². The molecule has 0 unspecified atom stereocenters. The maximum atomic E-state index is 10.5. The van der Waals surface area contributed by atoms with E-state index in [-0.39, 0.29) is 16.5 Å². The van der Waals surface area contributed by atoms with Gasteiger partial charge in [0.1, 0.15) is 10.0 Å². The van der Waals surface area contributed by atoms with Crippen LogP contribution >= 0.6 is 23.2 Å². The molecule has 0 heterocycles. The predicted octanol–water partition coefficient (Wildman–Crippen LogP) is 2.53. The first-order chi connectivity index (χ1) is 6.91. The first-order valence-corrected chi connectivity index (χ1v) is 4.51. The molecule has 0 aliphatic rings. The highest BCUT2D eigenvalue weighted by atomic mass is 35.5. The van der Waals surface area contributed by atoms with Gasteiger partial charge in [-0.2, -0.15) is 0 Å². The van der Waals surface area contributed by atoms with Crippen LogP contribution in [0.3, 0.4) is 0 Å². The van der Waals surface area contributed by atoms with Gasteiger partial charge in [0.15, 0.2) is 0 Å². The number of benzene rings is 1. The Kier molecular flexibility index (Phi) is 3.49. The second kappa shape index (κ2) is 4.46. The van der Waals surface area contributed by atoms with Crippen molar-refractivity contribution < 1.29 is 14.8 Å². The summed E-state index contributed by atoms with van der Waals surface area (Å²) in [5.74, 6) is -1.06. The summed E-state index contributed by atoms with van der Waals surface area (Å²) in [5, 5.41) is 18.7. The molecule has 0 fully saturated rings. The molecule has 0 bridgehead atoms. The second-order valence-electron chi connectivity index (χ2n) is 2.74. The Balaban J connectivity index is 3.19. The fourth-order valence-electron chi connectivity index (χ4n) is 1.07. The minimum atomic E-state index is -1.06. The average Bonchev–Trinajstić information content (AvgIpc) is 1.99. The molecule has 7 heteroatoms. The van der Waals surface area contributed by atoms with Gasteiger partial charge in [-0.1, -0.05) is 23.2 Å². The molecule has 0 saturated carbocycles. The molecule has 0 amide bonds. The molecular weight excluding hydrogens is 245 g/mol. The number of nitrogens with zero attached hydrogens (tertiary/aromatic N) is 1. The van der Waals surface area contributed by atoms with Crippen molar-refractivity contribution in [1.29, 1.82) is 0 Å². The lowest BCUT2D eigenvalue weighted by Crippen LogP contribution is -2.01. The van der Waals surface area contributed by atoms with Crippen LogP contribution in [0, 0.1) is 10.1 Å². The Morgan fingerprint density at radius 3 is 2.20 bits per heavy atom. The van der Waals surface area contributed by atoms with Crippen molar-refractivity contribution in [3.05, 3.63) is 37.9 Å². The maximum Gasteiger partial charge on any atom is 0.307 e. The van der Waals surface area contributed by atoms with E-state index in [9.17, 15) is 14.9 Å². The third kappa shape index (κ3) is 2.81. The molecule has 15 heavy (non-hydrogen) atoms. The standard InChI is InChI=1S/C8H5Cl2NO4/c9-5-1-4(3-7(12)13)2-6(10)8(5)11(14)15/h1-2H,3H2,(H,12,13).